The van der Waals surface area contributed by atoms with Crippen LogP contribution in [0.25, 0.3) is 11.1 Å². The summed E-state index contributed by atoms with van der Waals surface area (Å²) in [6, 6.07) is 16.3. The van der Waals surface area contributed by atoms with Crippen molar-refractivity contribution in [1.29, 1.82) is 0 Å². The largest absolute Gasteiger partial charge is 0.481 e. The summed E-state index contributed by atoms with van der Waals surface area (Å²) in [6.45, 7) is 0.490. The molecule has 0 radical (unpaired) electrons. The maximum Gasteiger partial charge on any atom is 0.407 e. The van der Waals surface area contributed by atoms with Gasteiger partial charge in [-0.25, -0.2) is 4.79 Å². The fourth-order valence-corrected chi connectivity index (χ4v) is 5.05. The predicted molar refractivity (Wildman–Crippen MR) is 130 cm³/mol. The third-order valence-electron chi connectivity index (χ3n) is 6.98. The molecule has 0 aliphatic heterocycles. The standard InChI is InChI=1S/C27H32N2O6/c30-24(29-18-27(25(31)32)12-6-1-7-13-27)17-34-15-14-28-26(33)35-16-23-21-10-4-2-8-19(21)20-9-3-5-11-22(20)23/h2-5,8-11,23H,1,6-7,12-18H2,(H,28,33)(H,29,30)(H,31,32). The van der Waals surface area contributed by atoms with Gasteiger partial charge in [-0.3, -0.25) is 9.59 Å². The maximum absolute atomic E-state index is 12.2. The molecule has 0 spiro atoms. The molecule has 8 heteroatoms. The minimum atomic E-state index is -0.875. The van der Waals surface area contributed by atoms with E-state index in [-0.39, 0.29) is 44.7 Å². The normalized spacial score (nSPS) is 16.1. The summed E-state index contributed by atoms with van der Waals surface area (Å²) in [5.41, 5.74) is 3.75. The van der Waals surface area contributed by atoms with Gasteiger partial charge in [0.05, 0.1) is 12.0 Å². The lowest BCUT2D eigenvalue weighted by molar-refractivity contribution is -0.151. The van der Waals surface area contributed by atoms with E-state index in [0.717, 1.165) is 30.4 Å². The zero-order chi connectivity index (χ0) is 24.7. The van der Waals surface area contributed by atoms with Crippen LogP contribution >= 0.6 is 0 Å². The highest BCUT2D eigenvalue weighted by molar-refractivity contribution is 5.80. The van der Waals surface area contributed by atoms with Crippen molar-refractivity contribution in [1.82, 2.24) is 10.6 Å². The number of carbonyl (C=O) groups is 3. The molecule has 2 aromatic carbocycles. The molecule has 8 nitrogen and oxygen atoms in total. The molecule has 0 atom stereocenters. The molecule has 3 N–H and O–H groups in total. The average molecular weight is 481 g/mol. The minimum absolute atomic E-state index is 0.00800. The summed E-state index contributed by atoms with van der Waals surface area (Å²) in [4.78, 5) is 35.9. The van der Waals surface area contributed by atoms with Gasteiger partial charge in [0.25, 0.3) is 0 Å². The van der Waals surface area contributed by atoms with Crippen LogP contribution in [0, 0.1) is 5.41 Å². The Bertz CT molecular complexity index is 1020. The van der Waals surface area contributed by atoms with Crippen molar-refractivity contribution in [2.75, 3.05) is 32.9 Å². The number of hydrogen-bond acceptors (Lipinski definition) is 5. The second kappa shape index (κ2) is 11.4. The van der Waals surface area contributed by atoms with Crippen LogP contribution in [0.3, 0.4) is 0 Å². The number of carboxylic acid groups (broad SMARTS) is 1. The van der Waals surface area contributed by atoms with Crippen molar-refractivity contribution in [2.45, 2.75) is 38.0 Å². The quantitative estimate of drug-likeness (QED) is 0.447. The molecule has 1 fully saturated rings. The van der Waals surface area contributed by atoms with E-state index in [0.29, 0.717) is 12.8 Å². The Morgan fingerprint density at radius 2 is 1.54 bits per heavy atom. The fourth-order valence-electron chi connectivity index (χ4n) is 5.05. The first-order chi connectivity index (χ1) is 17.0. The third kappa shape index (κ3) is 5.82. The molecular formula is C27H32N2O6. The Morgan fingerprint density at radius 1 is 0.914 bits per heavy atom. The van der Waals surface area contributed by atoms with Crippen molar-refractivity contribution >= 4 is 18.0 Å². The van der Waals surface area contributed by atoms with Crippen molar-refractivity contribution < 1.29 is 29.0 Å². The van der Waals surface area contributed by atoms with Gasteiger partial charge in [0.2, 0.25) is 5.91 Å². The van der Waals surface area contributed by atoms with E-state index in [1.165, 1.54) is 11.1 Å². The van der Waals surface area contributed by atoms with Crippen LogP contribution in [-0.2, 0) is 19.1 Å². The molecule has 0 aromatic heterocycles. The highest BCUT2D eigenvalue weighted by atomic mass is 16.5. The Hall–Kier alpha value is -3.39. The van der Waals surface area contributed by atoms with Crippen LogP contribution in [0.1, 0.15) is 49.1 Å². The molecule has 2 aliphatic rings. The van der Waals surface area contributed by atoms with Gasteiger partial charge < -0.3 is 25.2 Å². The molecule has 0 heterocycles. The molecule has 2 amide bonds. The van der Waals surface area contributed by atoms with Gasteiger partial charge >= 0.3 is 12.1 Å². The summed E-state index contributed by atoms with van der Waals surface area (Å²) in [5.74, 6) is -1.23. The second-order valence-electron chi connectivity index (χ2n) is 9.23. The minimum Gasteiger partial charge on any atom is -0.481 e. The molecule has 35 heavy (non-hydrogen) atoms. The summed E-state index contributed by atoms with van der Waals surface area (Å²) in [7, 11) is 0. The lowest BCUT2D eigenvalue weighted by Crippen LogP contribution is -2.45. The summed E-state index contributed by atoms with van der Waals surface area (Å²) in [6.07, 6.45) is 3.37. The zero-order valence-corrected chi connectivity index (χ0v) is 19.8. The number of carboxylic acids is 1. The van der Waals surface area contributed by atoms with Crippen LogP contribution in [-0.4, -0.2) is 56.0 Å². The smallest absolute Gasteiger partial charge is 0.407 e. The Balaban J connectivity index is 1.14. The average Bonchev–Trinajstić information content (AvgIpc) is 3.20. The topological polar surface area (TPSA) is 114 Å². The van der Waals surface area contributed by atoms with E-state index < -0.39 is 17.5 Å². The van der Waals surface area contributed by atoms with Gasteiger partial charge in [-0.15, -0.1) is 0 Å². The van der Waals surface area contributed by atoms with E-state index in [1.54, 1.807) is 0 Å². The predicted octanol–water partition coefficient (Wildman–Crippen LogP) is 3.69. The Kier molecular flexibility index (Phi) is 8.02. The zero-order valence-electron chi connectivity index (χ0n) is 19.8. The number of rotatable bonds is 10. The third-order valence-corrected chi connectivity index (χ3v) is 6.98. The molecule has 2 aromatic rings. The molecule has 0 saturated heterocycles. The molecule has 0 bridgehead atoms. The number of benzene rings is 2. The Morgan fingerprint density at radius 3 is 2.17 bits per heavy atom. The number of carbonyl (C=O) groups excluding carboxylic acids is 2. The number of nitrogens with one attached hydrogen (secondary N) is 2. The van der Waals surface area contributed by atoms with E-state index in [2.05, 4.69) is 34.9 Å². The summed E-state index contributed by atoms with van der Waals surface area (Å²) in [5, 5.41) is 14.9. The number of amides is 2. The monoisotopic (exact) mass is 480 g/mol. The first-order valence-electron chi connectivity index (χ1n) is 12.2. The molecule has 1 saturated carbocycles. The van der Waals surface area contributed by atoms with Gasteiger partial charge in [-0.05, 0) is 35.1 Å². The van der Waals surface area contributed by atoms with Gasteiger partial charge in [-0.2, -0.15) is 0 Å². The number of alkyl carbamates (subject to hydrolysis) is 1. The first kappa shape index (κ1) is 24.7. The number of fused-ring (bicyclic) bond motifs is 3. The van der Waals surface area contributed by atoms with Crippen LogP contribution in [0.5, 0.6) is 0 Å². The van der Waals surface area contributed by atoms with Crippen LogP contribution in [0.2, 0.25) is 0 Å². The van der Waals surface area contributed by atoms with Crippen molar-refractivity contribution in [3.05, 3.63) is 59.7 Å². The highest BCUT2D eigenvalue weighted by Crippen LogP contribution is 2.44. The molecule has 186 valence electrons. The number of ether oxygens (including phenoxy) is 2. The molecule has 2 aliphatic carbocycles. The van der Waals surface area contributed by atoms with E-state index in [4.69, 9.17) is 9.47 Å². The van der Waals surface area contributed by atoms with Crippen molar-refractivity contribution in [3.8, 4) is 11.1 Å². The van der Waals surface area contributed by atoms with Gasteiger partial charge in [0, 0.05) is 19.0 Å². The van der Waals surface area contributed by atoms with E-state index in [9.17, 15) is 19.5 Å². The lowest BCUT2D eigenvalue weighted by atomic mass is 9.74. The second-order valence-corrected chi connectivity index (χ2v) is 9.23. The van der Waals surface area contributed by atoms with E-state index >= 15 is 0 Å². The number of aliphatic carboxylic acids is 1. The maximum atomic E-state index is 12.2. The van der Waals surface area contributed by atoms with Crippen molar-refractivity contribution in [3.63, 3.8) is 0 Å². The summed E-state index contributed by atoms with van der Waals surface area (Å²) >= 11 is 0. The van der Waals surface area contributed by atoms with Crippen LogP contribution < -0.4 is 10.6 Å². The van der Waals surface area contributed by atoms with E-state index in [1.807, 2.05) is 24.3 Å². The highest BCUT2D eigenvalue weighted by Gasteiger charge is 2.39. The van der Waals surface area contributed by atoms with Crippen LogP contribution in [0.15, 0.2) is 48.5 Å². The molecular weight excluding hydrogens is 448 g/mol. The van der Waals surface area contributed by atoms with Crippen molar-refractivity contribution in [2.24, 2.45) is 5.41 Å². The fraction of sp³-hybridized carbons (Fsp3) is 0.444. The summed E-state index contributed by atoms with van der Waals surface area (Å²) < 4.78 is 10.8. The van der Waals surface area contributed by atoms with Gasteiger partial charge in [0.15, 0.2) is 0 Å². The Labute approximate surface area is 205 Å². The lowest BCUT2D eigenvalue weighted by Gasteiger charge is -2.33. The van der Waals surface area contributed by atoms with Crippen LogP contribution in [0.4, 0.5) is 4.79 Å². The van der Waals surface area contributed by atoms with Gasteiger partial charge in [-0.1, -0.05) is 67.8 Å². The number of hydrogen-bond donors (Lipinski definition) is 3. The molecule has 0 unspecified atom stereocenters. The SMILES string of the molecule is O=C(COCCNC(=O)OCC1c2ccccc2-c2ccccc21)NCC1(C(=O)O)CCCCC1. The molecule has 4 rings (SSSR count). The first-order valence-corrected chi connectivity index (χ1v) is 12.2. The van der Waals surface area contributed by atoms with Gasteiger partial charge in [0.1, 0.15) is 13.2 Å².